The van der Waals surface area contributed by atoms with Crippen LogP contribution in [0.25, 0.3) is 0 Å². The molecule has 2 aromatic rings. The van der Waals surface area contributed by atoms with E-state index in [2.05, 4.69) is 47.6 Å². The van der Waals surface area contributed by atoms with Crippen LogP contribution in [0.3, 0.4) is 0 Å². The molecular formula is C24H31BrN2O4. The maximum absolute atomic E-state index is 12.5. The highest BCUT2D eigenvalue weighted by Gasteiger charge is 2.14. The molecule has 0 aliphatic carbocycles. The SMILES string of the molecule is CCCCCCOc1ccccc1C(=O)NNC(=O)COc1ccc(C(C)C)cc1Br. The number of unbranched alkanes of at least 4 members (excludes halogenated alkanes) is 3. The number of benzene rings is 2. The second kappa shape index (κ2) is 13.0. The second-order valence-electron chi connectivity index (χ2n) is 7.54. The average Bonchev–Trinajstić information content (AvgIpc) is 2.76. The van der Waals surface area contributed by atoms with Gasteiger partial charge in [-0.05, 0) is 58.1 Å². The van der Waals surface area contributed by atoms with E-state index in [0.717, 1.165) is 30.2 Å². The van der Waals surface area contributed by atoms with Crippen LogP contribution < -0.4 is 20.3 Å². The molecule has 2 N–H and O–H groups in total. The van der Waals surface area contributed by atoms with Crippen LogP contribution in [0.2, 0.25) is 0 Å². The Bertz CT molecular complexity index is 870. The average molecular weight is 491 g/mol. The summed E-state index contributed by atoms with van der Waals surface area (Å²) >= 11 is 3.46. The van der Waals surface area contributed by atoms with Gasteiger partial charge < -0.3 is 9.47 Å². The molecule has 0 spiro atoms. The highest BCUT2D eigenvalue weighted by Crippen LogP contribution is 2.28. The summed E-state index contributed by atoms with van der Waals surface area (Å²) in [6.07, 6.45) is 4.35. The van der Waals surface area contributed by atoms with Crippen LogP contribution in [-0.2, 0) is 4.79 Å². The number of hydrazine groups is 1. The van der Waals surface area contributed by atoms with Crippen molar-refractivity contribution < 1.29 is 19.1 Å². The summed E-state index contributed by atoms with van der Waals surface area (Å²) in [4.78, 5) is 24.6. The van der Waals surface area contributed by atoms with Crippen molar-refractivity contribution in [1.82, 2.24) is 10.9 Å². The van der Waals surface area contributed by atoms with Gasteiger partial charge >= 0.3 is 0 Å². The highest BCUT2D eigenvalue weighted by molar-refractivity contribution is 9.10. The zero-order chi connectivity index (χ0) is 22.6. The molecule has 2 aromatic carbocycles. The summed E-state index contributed by atoms with van der Waals surface area (Å²) in [6, 6.07) is 12.7. The summed E-state index contributed by atoms with van der Waals surface area (Å²) in [5, 5.41) is 0. The summed E-state index contributed by atoms with van der Waals surface area (Å²) in [6.45, 7) is 6.69. The highest BCUT2D eigenvalue weighted by atomic mass is 79.9. The third-order valence-corrected chi connectivity index (χ3v) is 5.30. The molecule has 6 nitrogen and oxygen atoms in total. The van der Waals surface area contributed by atoms with Crippen LogP contribution in [0.15, 0.2) is 46.9 Å². The molecule has 2 rings (SSSR count). The molecule has 0 atom stereocenters. The van der Waals surface area contributed by atoms with Gasteiger partial charge in [-0.1, -0.05) is 58.2 Å². The Morgan fingerprint density at radius 2 is 1.74 bits per heavy atom. The maximum Gasteiger partial charge on any atom is 0.276 e. The Morgan fingerprint density at radius 3 is 2.45 bits per heavy atom. The fourth-order valence-electron chi connectivity index (χ4n) is 2.86. The molecule has 0 aliphatic heterocycles. The molecule has 0 aliphatic rings. The van der Waals surface area contributed by atoms with Crippen LogP contribution in [0.1, 0.15) is 68.3 Å². The molecule has 2 amide bonds. The molecule has 0 saturated heterocycles. The van der Waals surface area contributed by atoms with Crippen LogP contribution in [0, 0.1) is 0 Å². The molecule has 0 unspecified atom stereocenters. The Hall–Kier alpha value is -2.54. The van der Waals surface area contributed by atoms with Gasteiger partial charge in [0.15, 0.2) is 6.61 Å². The van der Waals surface area contributed by atoms with Gasteiger partial charge in [0, 0.05) is 0 Å². The van der Waals surface area contributed by atoms with Crippen molar-refractivity contribution in [2.75, 3.05) is 13.2 Å². The monoisotopic (exact) mass is 490 g/mol. The lowest BCUT2D eigenvalue weighted by Crippen LogP contribution is -2.44. The lowest BCUT2D eigenvalue weighted by Gasteiger charge is -2.13. The summed E-state index contributed by atoms with van der Waals surface area (Å²) in [7, 11) is 0. The number of hydrogen-bond acceptors (Lipinski definition) is 4. The van der Waals surface area contributed by atoms with Crippen molar-refractivity contribution in [3.8, 4) is 11.5 Å². The van der Waals surface area contributed by atoms with E-state index in [-0.39, 0.29) is 6.61 Å². The molecule has 0 heterocycles. The third-order valence-electron chi connectivity index (χ3n) is 4.68. The van der Waals surface area contributed by atoms with Gasteiger partial charge in [0.25, 0.3) is 11.8 Å². The van der Waals surface area contributed by atoms with E-state index in [1.807, 2.05) is 24.3 Å². The lowest BCUT2D eigenvalue weighted by molar-refractivity contribution is -0.123. The van der Waals surface area contributed by atoms with E-state index in [1.54, 1.807) is 18.2 Å². The summed E-state index contributed by atoms with van der Waals surface area (Å²) in [5.74, 6) is 0.544. The minimum atomic E-state index is -0.467. The number of rotatable bonds is 11. The van der Waals surface area contributed by atoms with Crippen LogP contribution in [-0.4, -0.2) is 25.0 Å². The van der Waals surface area contributed by atoms with Gasteiger partial charge in [-0.15, -0.1) is 0 Å². The predicted octanol–water partition coefficient (Wildman–Crippen LogP) is 5.37. The zero-order valence-corrected chi connectivity index (χ0v) is 20.0. The molecular weight excluding hydrogens is 460 g/mol. The molecule has 0 radical (unpaired) electrons. The third kappa shape index (κ3) is 8.25. The fraction of sp³-hybridized carbons (Fsp3) is 0.417. The molecule has 0 fully saturated rings. The molecule has 0 bridgehead atoms. The fourth-order valence-corrected chi connectivity index (χ4v) is 3.37. The van der Waals surface area contributed by atoms with Gasteiger partial charge in [0.2, 0.25) is 0 Å². The summed E-state index contributed by atoms with van der Waals surface area (Å²) in [5.41, 5.74) is 6.33. The number of nitrogens with one attached hydrogen (secondary N) is 2. The van der Waals surface area contributed by atoms with E-state index >= 15 is 0 Å². The quantitative estimate of drug-likeness (QED) is 0.327. The number of carbonyl (C=O) groups is 2. The number of para-hydroxylation sites is 1. The number of ether oxygens (including phenoxy) is 2. The Morgan fingerprint density at radius 1 is 0.968 bits per heavy atom. The van der Waals surface area contributed by atoms with Gasteiger partial charge in [-0.2, -0.15) is 0 Å². The van der Waals surface area contributed by atoms with Crippen molar-refractivity contribution in [3.05, 3.63) is 58.1 Å². The first kappa shape index (κ1) is 24.7. The topological polar surface area (TPSA) is 76.7 Å². The van der Waals surface area contributed by atoms with E-state index in [9.17, 15) is 9.59 Å². The van der Waals surface area contributed by atoms with Crippen molar-refractivity contribution in [3.63, 3.8) is 0 Å². The maximum atomic E-state index is 12.5. The van der Waals surface area contributed by atoms with Gasteiger partial charge in [-0.3, -0.25) is 20.4 Å². The van der Waals surface area contributed by atoms with E-state index in [4.69, 9.17) is 9.47 Å². The number of hydrogen-bond donors (Lipinski definition) is 2. The van der Waals surface area contributed by atoms with Crippen LogP contribution in [0.4, 0.5) is 0 Å². The minimum Gasteiger partial charge on any atom is -0.493 e. The smallest absolute Gasteiger partial charge is 0.276 e. The van der Waals surface area contributed by atoms with Crippen LogP contribution >= 0.6 is 15.9 Å². The minimum absolute atomic E-state index is 0.227. The second-order valence-corrected chi connectivity index (χ2v) is 8.40. The van der Waals surface area contributed by atoms with Gasteiger partial charge in [0.1, 0.15) is 11.5 Å². The normalized spacial score (nSPS) is 10.6. The molecule has 168 valence electrons. The largest absolute Gasteiger partial charge is 0.493 e. The molecule has 0 saturated carbocycles. The Balaban J connectivity index is 1.82. The van der Waals surface area contributed by atoms with E-state index < -0.39 is 11.8 Å². The first-order valence-electron chi connectivity index (χ1n) is 10.7. The number of carbonyl (C=O) groups excluding carboxylic acids is 2. The predicted molar refractivity (Wildman–Crippen MR) is 125 cm³/mol. The van der Waals surface area contributed by atoms with Crippen molar-refractivity contribution in [2.24, 2.45) is 0 Å². The standard InChI is InChI=1S/C24H31BrN2O4/c1-4-5-6-9-14-30-21-11-8-7-10-19(21)24(29)27-26-23(28)16-31-22-13-12-18(17(2)3)15-20(22)25/h7-8,10-13,15,17H,4-6,9,14,16H2,1-3H3,(H,26,28)(H,27,29). The number of halogens is 1. The van der Waals surface area contributed by atoms with Crippen molar-refractivity contribution in [1.29, 1.82) is 0 Å². The first-order valence-corrected chi connectivity index (χ1v) is 11.4. The first-order chi connectivity index (χ1) is 14.9. The molecule has 0 aromatic heterocycles. The Kier molecular flexibility index (Phi) is 10.4. The van der Waals surface area contributed by atoms with Gasteiger partial charge in [0.05, 0.1) is 16.6 Å². The van der Waals surface area contributed by atoms with Crippen molar-refractivity contribution >= 4 is 27.7 Å². The van der Waals surface area contributed by atoms with Gasteiger partial charge in [-0.25, -0.2) is 0 Å². The number of amides is 2. The van der Waals surface area contributed by atoms with E-state index in [1.165, 1.54) is 5.56 Å². The molecule has 7 heteroatoms. The lowest BCUT2D eigenvalue weighted by atomic mass is 10.0. The van der Waals surface area contributed by atoms with Crippen molar-refractivity contribution in [2.45, 2.75) is 52.4 Å². The zero-order valence-electron chi connectivity index (χ0n) is 18.4. The van der Waals surface area contributed by atoms with E-state index in [0.29, 0.717) is 29.6 Å². The molecule has 31 heavy (non-hydrogen) atoms. The van der Waals surface area contributed by atoms with Crippen LogP contribution in [0.5, 0.6) is 11.5 Å². The summed E-state index contributed by atoms with van der Waals surface area (Å²) < 4.78 is 12.1. The Labute approximate surface area is 192 Å².